The Morgan fingerprint density at radius 1 is 1.16 bits per heavy atom. The maximum absolute atomic E-state index is 14.8. The minimum atomic E-state index is -1.30. The average molecular weight is 615 g/mol. The summed E-state index contributed by atoms with van der Waals surface area (Å²) in [5, 5.41) is 3.63. The molecule has 2 aliphatic rings. The molecule has 1 aliphatic heterocycles. The van der Waals surface area contributed by atoms with Gasteiger partial charge in [-0.3, -0.25) is 9.59 Å². The van der Waals surface area contributed by atoms with Crippen LogP contribution < -0.4 is 20.5 Å². The fourth-order valence-corrected chi connectivity index (χ4v) is 6.07. The van der Waals surface area contributed by atoms with E-state index < -0.39 is 34.3 Å². The molecule has 2 aromatic carbocycles. The number of primary amides is 1. The van der Waals surface area contributed by atoms with E-state index in [4.69, 9.17) is 20.2 Å². The molecule has 0 unspecified atom stereocenters. The van der Waals surface area contributed by atoms with Crippen LogP contribution in [0.25, 0.3) is 22.2 Å². The summed E-state index contributed by atoms with van der Waals surface area (Å²) in [7, 11) is 1.50. The van der Waals surface area contributed by atoms with Gasteiger partial charge in [0.15, 0.2) is 11.6 Å². The zero-order valence-corrected chi connectivity index (χ0v) is 25.3. The number of halogens is 2. The molecule has 2 amide bonds. The number of rotatable bonds is 9. The number of methoxy groups -OCH3 is 1. The van der Waals surface area contributed by atoms with Crippen molar-refractivity contribution in [2.24, 2.45) is 11.7 Å². The van der Waals surface area contributed by atoms with E-state index in [1.165, 1.54) is 20.1 Å². The van der Waals surface area contributed by atoms with Crippen LogP contribution in [-0.4, -0.2) is 48.3 Å². The first-order chi connectivity index (χ1) is 21.4. The third-order valence-corrected chi connectivity index (χ3v) is 9.12. The number of carbonyl (C=O) groups excluding carboxylic acids is 3. The fraction of sp³-hybridized carbons (Fsp3) is 0.324. The predicted octanol–water partition coefficient (Wildman–Crippen LogP) is 4.61. The number of aldehydes is 1. The second-order valence-corrected chi connectivity index (χ2v) is 12.1. The van der Waals surface area contributed by atoms with Gasteiger partial charge in [0.2, 0.25) is 5.91 Å². The highest BCUT2D eigenvalue weighted by Crippen LogP contribution is 2.50. The van der Waals surface area contributed by atoms with E-state index in [9.17, 15) is 23.2 Å². The Bertz CT molecular complexity index is 1910. The van der Waals surface area contributed by atoms with E-state index in [1.807, 2.05) is 19.1 Å². The SMILES string of the molecule is COc1cc(C(=O)NC[C@](C=O)(c2cc3c(c(-c4ccc(F)c(F)c4C)n2)OC[C@]3(C)C(N)=O)C2CC2)cc2ccc(C)nc12. The van der Waals surface area contributed by atoms with Crippen molar-refractivity contribution >= 4 is 29.0 Å². The molecule has 3 heterocycles. The van der Waals surface area contributed by atoms with E-state index >= 15 is 0 Å². The summed E-state index contributed by atoms with van der Waals surface area (Å²) in [5.41, 5.74) is 6.03. The average Bonchev–Trinajstić information content (AvgIpc) is 3.82. The molecule has 1 fully saturated rings. The number of carbonyl (C=O) groups is 3. The topological polar surface area (TPSA) is 134 Å². The lowest BCUT2D eigenvalue weighted by Crippen LogP contribution is -2.45. The number of nitrogens with one attached hydrogen (secondary N) is 1. The van der Waals surface area contributed by atoms with E-state index in [2.05, 4.69) is 10.3 Å². The standard InChI is InChI=1S/C34H32F2N4O5/c1-17-5-6-19-11-20(12-25(44-4)28(19)39-17)31(42)38-14-34(15-41,21-7-8-21)26-13-23-30(45-16-33(23,3)32(37)43)29(40-26)22-9-10-24(35)27(36)18(22)2/h5-6,9-13,15,21H,7-8,14,16H2,1-4H3,(H2,37,43)(H,38,42)/t33-,34+/m0/s1. The van der Waals surface area contributed by atoms with Gasteiger partial charge in [-0.2, -0.15) is 0 Å². The lowest BCUT2D eigenvalue weighted by molar-refractivity contribution is -0.123. The molecule has 2 aromatic heterocycles. The molecular weight excluding hydrogens is 582 g/mol. The monoisotopic (exact) mass is 614 g/mol. The van der Waals surface area contributed by atoms with Crippen LogP contribution >= 0.6 is 0 Å². The number of aryl methyl sites for hydroxylation is 1. The van der Waals surface area contributed by atoms with Crippen molar-refractivity contribution in [3.8, 4) is 22.8 Å². The van der Waals surface area contributed by atoms with Gasteiger partial charge in [0.25, 0.3) is 5.91 Å². The number of nitrogens with zero attached hydrogens (tertiary/aromatic N) is 2. The highest BCUT2D eigenvalue weighted by molar-refractivity contribution is 6.00. The van der Waals surface area contributed by atoms with Gasteiger partial charge in [0.1, 0.15) is 41.0 Å². The van der Waals surface area contributed by atoms with Crippen molar-refractivity contribution in [3.63, 3.8) is 0 Å². The number of hydrogen-bond donors (Lipinski definition) is 2. The van der Waals surface area contributed by atoms with Gasteiger partial charge >= 0.3 is 0 Å². The molecule has 3 N–H and O–H groups in total. The van der Waals surface area contributed by atoms with Crippen molar-refractivity contribution < 1.29 is 32.6 Å². The Balaban J connectivity index is 1.45. The number of nitrogens with two attached hydrogens (primary N) is 1. The molecule has 1 aliphatic carbocycles. The summed E-state index contributed by atoms with van der Waals surface area (Å²) < 4.78 is 40.3. The van der Waals surface area contributed by atoms with E-state index in [0.717, 1.165) is 18.0 Å². The highest BCUT2D eigenvalue weighted by atomic mass is 19.2. The Hall–Kier alpha value is -4.93. The quantitative estimate of drug-likeness (QED) is 0.263. The lowest BCUT2D eigenvalue weighted by atomic mass is 9.76. The van der Waals surface area contributed by atoms with Gasteiger partial charge in [-0.25, -0.2) is 18.7 Å². The number of amides is 2. The number of pyridine rings is 2. The summed E-state index contributed by atoms with van der Waals surface area (Å²) in [6.07, 6.45) is 2.17. The largest absolute Gasteiger partial charge is 0.494 e. The third-order valence-electron chi connectivity index (χ3n) is 9.12. The first-order valence-electron chi connectivity index (χ1n) is 14.6. The van der Waals surface area contributed by atoms with Crippen molar-refractivity contribution in [1.29, 1.82) is 0 Å². The molecule has 1 saturated carbocycles. The molecule has 0 spiro atoms. The third kappa shape index (κ3) is 4.86. The smallest absolute Gasteiger partial charge is 0.251 e. The molecule has 4 aromatic rings. The van der Waals surface area contributed by atoms with Crippen LogP contribution in [-0.2, 0) is 20.4 Å². The molecule has 0 saturated heterocycles. The number of aromatic nitrogens is 2. The molecule has 11 heteroatoms. The minimum absolute atomic E-state index is 0.00973. The molecule has 45 heavy (non-hydrogen) atoms. The maximum Gasteiger partial charge on any atom is 0.251 e. The van der Waals surface area contributed by atoms with Crippen LogP contribution in [0.4, 0.5) is 8.78 Å². The van der Waals surface area contributed by atoms with Crippen molar-refractivity contribution in [1.82, 2.24) is 15.3 Å². The molecule has 2 atom stereocenters. The molecule has 232 valence electrons. The number of benzene rings is 2. The van der Waals surface area contributed by atoms with Crippen LogP contribution in [0.3, 0.4) is 0 Å². The first kappa shape index (κ1) is 30.1. The van der Waals surface area contributed by atoms with Gasteiger partial charge in [-0.05, 0) is 81.5 Å². The van der Waals surface area contributed by atoms with E-state index in [-0.39, 0.29) is 47.3 Å². The molecular formula is C34H32F2N4O5. The van der Waals surface area contributed by atoms with E-state index in [1.54, 1.807) is 25.1 Å². The van der Waals surface area contributed by atoms with Crippen LogP contribution in [0.2, 0.25) is 0 Å². The molecule has 0 bridgehead atoms. The Kier molecular flexibility index (Phi) is 7.29. The second-order valence-electron chi connectivity index (χ2n) is 12.1. The zero-order valence-electron chi connectivity index (χ0n) is 25.3. The van der Waals surface area contributed by atoms with Gasteiger partial charge < -0.3 is 25.3 Å². The predicted molar refractivity (Wildman–Crippen MR) is 162 cm³/mol. The van der Waals surface area contributed by atoms with Crippen LogP contribution in [0, 0.1) is 31.4 Å². The molecule has 6 rings (SSSR count). The van der Waals surface area contributed by atoms with E-state index in [0.29, 0.717) is 40.6 Å². The van der Waals surface area contributed by atoms with Crippen LogP contribution in [0.1, 0.15) is 52.6 Å². The van der Waals surface area contributed by atoms with Crippen molar-refractivity contribution in [2.45, 2.75) is 44.4 Å². The number of hydrogen-bond acceptors (Lipinski definition) is 7. The first-order valence-corrected chi connectivity index (χ1v) is 14.6. The number of fused-ring (bicyclic) bond motifs is 2. The Morgan fingerprint density at radius 3 is 2.58 bits per heavy atom. The molecule has 0 radical (unpaired) electrons. The van der Waals surface area contributed by atoms with Crippen molar-refractivity contribution in [3.05, 3.63) is 82.2 Å². The maximum atomic E-state index is 14.8. The Labute approximate surface area is 258 Å². The summed E-state index contributed by atoms with van der Waals surface area (Å²) in [6, 6.07) is 11.0. The summed E-state index contributed by atoms with van der Waals surface area (Å²) in [6.45, 7) is 4.70. The second kappa shape index (κ2) is 10.9. The van der Waals surface area contributed by atoms with Gasteiger partial charge in [0, 0.05) is 34.3 Å². The normalized spacial score (nSPS) is 18.5. The van der Waals surface area contributed by atoms with Crippen LogP contribution in [0.15, 0.2) is 42.5 Å². The fourth-order valence-electron chi connectivity index (χ4n) is 6.07. The van der Waals surface area contributed by atoms with Crippen molar-refractivity contribution in [2.75, 3.05) is 20.3 Å². The van der Waals surface area contributed by atoms with Gasteiger partial charge in [-0.1, -0.05) is 6.07 Å². The summed E-state index contributed by atoms with van der Waals surface area (Å²) in [5.74, 6) is -2.69. The summed E-state index contributed by atoms with van der Waals surface area (Å²) >= 11 is 0. The van der Waals surface area contributed by atoms with Gasteiger partial charge in [0.05, 0.1) is 18.2 Å². The minimum Gasteiger partial charge on any atom is -0.494 e. The number of ether oxygens (including phenoxy) is 2. The highest BCUT2D eigenvalue weighted by Gasteiger charge is 2.51. The van der Waals surface area contributed by atoms with Crippen LogP contribution in [0.5, 0.6) is 11.5 Å². The zero-order chi connectivity index (χ0) is 32.3. The molecule has 9 nitrogen and oxygen atoms in total. The lowest BCUT2D eigenvalue weighted by Gasteiger charge is -2.30. The van der Waals surface area contributed by atoms with Gasteiger partial charge in [-0.15, -0.1) is 0 Å². The Morgan fingerprint density at radius 2 is 1.91 bits per heavy atom. The summed E-state index contributed by atoms with van der Waals surface area (Å²) in [4.78, 5) is 48.7.